The van der Waals surface area contributed by atoms with Crippen molar-refractivity contribution < 1.29 is 13.6 Å². The first-order chi connectivity index (χ1) is 13.3. The number of fused-ring (bicyclic) bond motifs is 1. The van der Waals surface area contributed by atoms with Gasteiger partial charge in [0.25, 0.3) is 0 Å². The fourth-order valence-electron chi connectivity index (χ4n) is 3.81. The van der Waals surface area contributed by atoms with Gasteiger partial charge in [0.15, 0.2) is 5.58 Å². The zero-order chi connectivity index (χ0) is 19.9. The predicted molar refractivity (Wildman–Crippen MR) is 107 cm³/mol. The van der Waals surface area contributed by atoms with Crippen LogP contribution in [0.1, 0.15) is 52.0 Å². The molecule has 1 amide bonds. The summed E-state index contributed by atoms with van der Waals surface area (Å²) in [5, 5.41) is 0. The van der Waals surface area contributed by atoms with Crippen LogP contribution in [-0.4, -0.2) is 22.3 Å². The average molecular weight is 380 g/mol. The van der Waals surface area contributed by atoms with E-state index in [-0.39, 0.29) is 23.2 Å². The monoisotopic (exact) mass is 380 g/mol. The van der Waals surface area contributed by atoms with Gasteiger partial charge in [-0.15, -0.1) is 0 Å². The number of oxazole rings is 1. The number of amides is 1. The van der Waals surface area contributed by atoms with Gasteiger partial charge in [-0.25, -0.2) is 9.37 Å². The molecule has 5 heteroatoms. The number of carbonyl (C=O) groups excluding carboxylic acids is 1. The molecule has 0 saturated carbocycles. The number of carbonyl (C=O) groups is 1. The topological polar surface area (TPSA) is 46.3 Å². The molecule has 0 N–H and O–H groups in total. The van der Waals surface area contributed by atoms with Crippen molar-refractivity contribution in [1.82, 2.24) is 9.88 Å². The van der Waals surface area contributed by atoms with E-state index in [1.807, 2.05) is 29.2 Å². The highest BCUT2D eigenvalue weighted by Crippen LogP contribution is 2.36. The minimum atomic E-state index is -0.266. The van der Waals surface area contributed by atoms with E-state index in [2.05, 4.69) is 25.8 Å². The van der Waals surface area contributed by atoms with Crippen LogP contribution in [0.4, 0.5) is 4.39 Å². The molecule has 1 aliphatic rings. The Balaban J connectivity index is 1.63. The smallest absolute Gasteiger partial charge is 0.223 e. The van der Waals surface area contributed by atoms with Crippen LogP contribution in [0.5, 0.6) is 0 Å². The molecule has 0 aliphatic carbocycles. The van der Waals surface area contributed by atoms with E-state index in [1.54, 1.807) is 6.07 Å². The summed E-state index contributed by atoms with van der Waals surface area (Å²) in [6.07, 6.45) is 2.32. The second-order valence-corrected chi connectivity index (χ2v) is 8.73. The molecular weight excluding hydrogens is 355 g/mol. The molecule has 2 aromatic carbocycles. The number of likely N-dealkylation sites (tertiary alicyclic amines) is 1. The Morgan fingerprint density at radius 3 is 2.75 bits per heavy atom. The molecule has 28 heavy (non-hydrogen) atoms. The first-order valence-corrected chi connectivity index (χ1v) is 9.76. The Labute approximate surface area is 164 Å². The molecule has 0 unspecified atom stereocenters. The fraction of sp³-hybridized carbons (Fsp3) is 0.391. The summed E-state index contributed by atoms with van der Waals surface area (Å²) in [6, 6.07) is 12.1. The van der Waals surface area contributed by atoms with Crippen molar-refractivity contribution >= 4 is 17.0 Å². The van der Waals surface area contributed by atoms with Gasteiger partial charge in [-0.3, -0.25) is 4.79 Å². The Bertz CT molecular complexity index is 1020. The molecule has 1 aliphatic heterocycles. The summed E-state index contributed by atoms with van der Waals surface area (Å²) in [5.74, 6) is 0.473. The number of halogens is 1. The van der Waals surface area contributed by atoms with E-state index < -0.39 is 0 Å². The maximum absolute atomic E-state index is 13.5. The van der Waals surface area contributed by atoms with Gasteiger partial charge in [0.2, 0.25) is 11.8 Å². The standard InChI is InChI=1S/C23H25FN2O2/c1-23(2,3)14-21(27)26-11-5-8-19(26)22-25-18-13-16(9-10-20(18)28-22)15-6-4-7-17(24)12-15/h4,6-7,9-10,12-13,19H,5,8,11,14H2,1-3H3/t19-/m1/s1. The first kappa shape index (κ1) is 18.7. The lowest BCUT2D eigenvalue weighted by molar-refractivity contribution is -0.134. The van der Waals surface area contributed by atoms with E-state index >= 15 is 0 Å². The molecule has 4 rings (SSSR count). The highest BCUT2D eigenvalue weighted by molar-refractivity contribution is 5.81. The molecule has 1 aromatic heterocycles. The normalized spacial score (nSPS) is 17.4. The molecule has 1 atom stereocenters. The summed E-state index contributed by atoms with van der Waals surface area (Å²) in [4.78, 5) is 19.3. The highest BCUT2D eigenvalue weighted by Gasteiger charge is 2.34. The van der Waals surface area contributed by atoms with Gasteiger partial charge in [-0.05, 0) is 53.6 Å². The van der Waals surface area contributed by atoms with Gasteiger partial charge < -0.3 is 9.32 Å². The molecule has 1 saturated heterocycles. The summed E-state index contributed by atoms with van der Waals surface area (Å²) in [7, 11) is 0. The average Bonchev–Trinajstić information content (AvgIpc) is 3.26. The number of benzene rings is 2. The summed E-state index contributed by atoms with van der Waals surface area (Å²) < 4.78 is 19.5. The molecule has 3 aromatic rings. The summed E-state index contributed by atoms with van der Waals surface area (Å²) >= 11 is 0. The zero-order valence-electron chi connectivity index (χ0n) is 16.5. The molecule has 146 valence electrons. The Hall–Kier alpha value is -2.69. The molecule has 2 heterocycles. The second-order valence-electron chi connectivity index (χ2n) is 8.73. The largest absolute Gasteiger partial charge is 0.438 e. The second kappa shape index (κ2) is 7.04. The van der Waals surface area contributed by atoms with Gasteiger partial charge >= 0.3 is 0 Å². The van der Waals surface area contributed by atoms with Gasteiger partial charge in [0.1, 0.15) is 17.4 Å². The number of nitrogens with zero attached hydrogens (tertiary/aromatic N) is 2. The van der Waals surface area contributed by atoms with Crippen LogP contribution in [0.3, 0.4) is 0 Å². The van der Waals surface area contributed by atoms with Crippen molar-refractivity contribution in [2.24, 2.45) is 5.41 Å². The van der Waals surface area contributed by atoms with Crippen molar-refractivity contribution in [2.75, 3.05) is 6.54 Å². The van der Waals surface area contributed by atoms with E-state index in [1.165, 1.54) is 12.1 Å². The lowest BCUT2D eigenvalue weighted by Crippen LogP contribution is -2.33. The maximum Gasteiger partial charge on any atom is 0.223 e. The molecular formula is C23H25FN2O2. The van der Waals surface area contributed by atoms with Crippen LogP contribution in [0, 0.1) is 11.2 Å². The third-order valence-corrected chi connectivity index (χ3v) is 5.10. The molecule has 0 spiro atoms. The predicted octanol–water partition coefficient (Wildman–Crippen LogP) is 5.73. The minimum Gasteiger partial charge on any atom is -0.438 e. The molecule has 4 nitrogen and oxygen atoms in total. The third kappa shape index (κ3) is 3.79. The lowest BCUT2D eigenvalue weighted by atomic mass is 9.91. The van der Waals surface area contributed by atoms with Gasteiger partial charge in [-0.1, -0.05) is 39.0 Å². The SMILES string of the molecule is CC(C)(C)CC(=O)N1CCC[C@@H]1c1nc2cc(-c3cccc(F)c3)ccc2o1. The van der Waals surface area contributed by atoms with E-state index in [0.717, 1.165) is 36.0 Å². The molecule has 0 radical (unpaired) electrons. The Morgan fingerprint density at radius 2 is 2.00 bits per heavy atom. The minimum absolute atomic E-state index is 0.0502. The Morgan fingerprint density at radius 1 is 1.21 bits per heavy atom. The van der Waals surface area contributed by atoms with Crippen LogP contribution in [-0.2, 0) is 4.79 Å². The summed E-state index contributed by atoms with van der Waals surface area (Å²) in [5.41, 5.74) is 3.05. The van der Waals surface area contributed by atoms with E-state index in [9.17, 15) is 9.18 Å². The van der Waals surface area contributed by atoms with E-state index in [0.29, 0.717) is 17.9 Å². The molecule has 1 fully saturated rings. The number of aromatic nitrogens is 1. The van der Waals surface area contributed by atoms with Crippen LogP contribution in [0.2, 0.25) is 0 Å². The van der Waals surface area contributed by atoms with Crippen LogP contribution >= 0.6 is 0 Å². The van der Waals surface area contributed by atoms with Crippen molar-refractivity contribution in [3.05, 3.63) is 54.2 Å². The quantitative estimate of drug-likeness (QED) is 0.583. The van der Waals surface area contributed by atoms with Gasteiger partial charge in [-0.2, -0.15) is 0 Å². The Kier molecular flexibility index (Phi) is 4.69. The van der Waals surface area contributed by atoms with E-state index in [4.69, 9.17) is 4.42 Å². The van der Waals surface area contributed by atoms with Crippen LogP contribution in [0.25, 0.3) is 22.2 Å². The first-order valence-electron chi connectivity index (χ1n) is 9.76. The molecule has 0 bridgehead atoms. The van der Waals surface area contributed by atoms with Crippen molar-refractivity contribution in [2.45, 2.75) is 46.1 Å². The van der Waals surface area contributed by atoms with Gasteiger partial charge in [0, 0.05) is 13.0 Å². The van der Waals surface area contributed by atoms with Crippen molar-refractivity contribution in [3.63, 3.8) is 0 Å². The highest BCUT2D eigenvalue weighted by atomic mass is 19.1. The number of hydrogen-bond donors (Lipinski definition) is 0. The van der Waals surface area contributed by atoms with Crippen LogP contribution in [0.15, 0.2) is 46.9 Å². The van der Waals surface area contributed by atoms with Crippen LogP contribution < -0.4 is 0 Å². The van der Waals surface area contributed by atoms with Crippen molar-refractivity contribution in [3.8, 4) is 11.1 Å². The third-order valence-electron chi connectivity index (χ3n) is 5.10. The van der Waals surface area contributed by atoms with Gasteiger partial charge in [0.05, 0.1) is 0 Å². The lowest BCUT2D eigenvalue weighted by Gasteiger charge is -2.26. The zero-order valence-corrected chi connectivity index (χ0v) is 16.5. The maximum atomic E-state index is 13.5. The van der Waals surface area contributed by atoms with Crippen molar-refractivity contribution in [1.29, 1.82) is 0 Å². The number of hydrogen-bond acceptors (Lipinski definition) is 3. The fourth-order valence-corrected chi connectivity index (χ4v) is 3.81. The summed E-state index contributed by atoms with van der Waals surface area (Å²) in [6.45, 7) is 6.96. The number of rotatable bonds is 3.